The van der Waals surface area contributed by atoms with Gasteiger partial charge in [0.2, 0.25) is 0 Å². The van der Waals surface area contributed by atoms with Crippen LogP contribution in [0.1, 0.15) is 30.9 Å². The van der Waals surface area contributed by atoms with Gasteiger partial charge in [-0.2, -0.15) is 0 Å². The lowest BCUT2D eigenvalue weighted by Gasteiger charge is -2.32. The molecule has 0 bridgehead atoms. The minimum Gasteiger partial charge on any atom is -0.480 e. The monoisotopic (exact) mass is 276 g/mol. The molecule has 1 aliphatic rings. The fourth-order valence-electron chi connectivity index (χ4n) is 2.59. The Balaban J connectivity index is 2.01. The van der Waals surface area contributed by atoms with Crippen LogP contribution in [0.4, 0.5) is 0 Å². The van der Waals surface area contributed by atoms with E-state index in [1.54, 1.807) is 0 Å². The Labute approximate surface area is 120 Å². The van der Waals surface area contributed by atoms with Gasteiger partial charge in [0, 0.05) is 19.1 Å². The molecule has 110 valence electrons. The summed E-state index contributed by atoms with van der Waals surface area (Å²) in [6, 6.07) is 6.23. The van der Waals surface area contributed by atoms with E-state index in [2.05, 4.69) is 0 Å². The number of ether oxygens (including phenoxy) is 1. The fraction of sp³-hybridized carbons (Fsp3) is 0.562. The maximum Gasteiger partial charge on any atom is 0.263 e. The number of benzene rings is 1. The predicted octanol–water partition coefficient (Wildman–Crippen LogP) is 2.02. The molecule has 1 atom stereocenters. The lowest BCUT2D eigenvalue weighted by Crippen LogP contribution is -2.47. The van der Waals surface area contributed by atoms with Crippen LogP contribution in [0.3, 0.4) is 0 Å². The van der Waals surface area contributed by atoms with Crippen LogP contribution in [0, 0.1) is 13.8 Å². The first-order chi connectivity index (χ1) is 9.49. The van der Waals surface area contributed by atoms with Gasteiger partial charge in [-0.05, 0) is 44.7 Å². The van der Waals surface area contributed by atoms with Crippen molar-refractivity contribution in [3.05, 3.63) is 29.3 Å². The van der Waals surface area contributed by atoms with Crippen molar-refractivity contribution >= 4 is 5.91 Å². The van der Waals surface area contributed by atoms with Crippen LogP contribution in [0.2, 0.25) is 0 Å². The summed E-state index contributed by atoms with van der Waals surface area (Å²) in [5.74, 6) is 0.876. The summed E-state index contributed by atoms with van der Waals surface area (Å²) in [4.78, 5) is 14.3. The van der Waals surface area contributed by atoms with Gasteiger partial charge in [-0.3, -0.25) is 4.79 Å². The van der Waals surface area contributed by atoms with Crippen molar-refractivity contribution < 1.29 is 9.53 Å². The highest BCUT2D eigenvalue weighted by Gasteiger charge is 2.26. The van der Waals surface area contributed by atoms with Gasteiger partial charge < -0.3 is 15.4 Å². The van der Waals surface area contributed by atoms with Crippen LogP contribution >= 0.6 is 0 Å². The van der Waals surface area contributed by atoms with Crippen LogP contribution in [-0.2, 0) is 4.79 Å². The molecule has 1 aliphatic heterocycles. The molecule has 0 saturated carbocycles. The number of nitrogens with two attached hydrogens (primary N) is 1. The van der Waals surface area contributed by atoms with Crippen molar-refractivity contribution in [1.82, 2.24) is 4.90 Å². The number of likely N-dealkylation sites (tertiary alicyclic amines) is 1. The largest absolute Gasteiger partial charge is 0.480 e. The molecule has 4 heteroatoms. The van der Waals surface area contributed by atoms with Gasteiger partial charge in [-0.1, -0.05) is 18.2 Å². The first-order valence-corrected chi connectivity index (χ1v) is 7.26. The Bertz CT molecular complexity index is 459. The molecule has 2 rings (SSSR count). The van der Waals surface area contributed by atoms with Crippen molar-refractivity contribution in [3.8, 4) is 5.75 Å². The number of rotatable bonds is 3. The first-order valence-electron chi connectivity index (χ1n) is 7.26. The SMILES string of the molecule is Cc1cccc(C)c1OC(C)C(=O)N1CCC(N)CC1. The summed E-state index contributed by atoms with van der Waals surface area (Å²) in [5, 5.41) is 0. The first kappa shape index (κ1) is 14.9. The van der Waals surface area contributed by atoms with E-state index < -0.39 is 6.10 Å². The zero-order valence-electron chi connectivity index (χ0n) is 12.6. The van der Waals surface area contributed by atoms with Crippen molar-refractivity contribution in [3.63, 3.8) is 0 Å². The predicted molar refractivity (Wildman–Crippen MR) is 79.8 cm³/mol. The lowest BCUT2D eigenvalue weighted by molar-refractivity contribution is -0.139. The highest BCUT2D eigenvalue weighted by Crippen LogP contribution is 2.24. The quantitative estimate of drug-likeness (QED) is 0.919. The van der Waals surface area contributed by atoms with Gasteiger partial charge in [-0.15, -0.1) is 0 Å². The molecular weight excluding hydrogens is 252 g/mol. The van der Waals surface area contributed by atoms with Crippen molar-refractivity contribution in [2.45, 2.75) is 45.8 Å². The zero-order chi connectivity index (χ0) is 14.7. The van der Waals surface area contributed by atoms with Crippen molar-refractivity contribution in [2.24, 2.45) is 5.73 Å². The van der Waals surface area contributed by atoms with Gasteiger partial charge in [0.15, 0.2) is 6.10 Å². The Hall–Kier alpha value is -1.55. The molecule has 1 unspecified atom stereocenters. The molecule has 0 aromatic heterocycles. The summed E-state index contributed by atoms with van der Waals surface area (Å²) < 4.78 is 5.90. The third kappa shape index (κ3) is 3.31. The maximum atomic E-state index is 12.4. The topological polar surface area (TPSA) is 55.6 Å². The highest BCUT2D eigenvalue weighted by atomic mass is 16.5. The van der Waals surface area contributed by atoms with Gasteiger partial charge in [0.05, 0.1) is 0 Å². The van der Waals surface area contributed by atoms with E-state index >= 15 is 0 Å². The molecule has 1 aromatic carbocycles. The second-order valence-electron chi connectivity index (χ2n) is 5.64. The third-order valence-electron chi connectivity index (χ3n) is 3.90. The molecule has 0 radical (unpaired) electrons. The van der Waals surface area contributed by atoms with Crippen LogP contribution in [0.5, 0.6) is 5.75 Å². The number of hydrogen-bond donors (Lipinski definition) is 1. The van der Waals surface area contributed by atoms with E-state index in [0.29, 0.717) is 0 Å². The van der Waals surface area contributed by atoms with Gasteiger partial charge in [0.25, 0.3) is 5.91 Å². The third-order valence-corrected chi connectivity index (χ3v) is 3.90. The van der Waals surface area contributed by atoms with Crippen molar-refractivity contribution in [1.29, 1.82) is 0 Å². The van der Waals surface area contributed by atoms with Gasteiger partial charge in [-0.25, -0.2) is 0 Å². The van der Waals surface area contributed by atoms with Crippen LogP contribution in [0.15, 0.2) is 18.2 Å². The molecule has 0 aliphatic carbocycles. The van der Waals surface area contributed by atoms with E-state index in [9.17, 15) is 4.79 Å². The molecule has 1 heterocycles. The molecule has 2 N–H and O–H groups in total. The number of amides is 1. The lowest BCUT2D eigenvalue weighted by atomic mass is 10.1. The second kappa shape index (κ2) is 6.27. The summed E-state index contributed by atoms with van der Waals surface area (Å²) in [6.45, 7) is 7.29. The standard InChI is InChI=1S/C16H24N2O2/c1-11-5-4-6-12(2)15(11)20-13(3)16(19)18-9-7-14(17)8-10-18/h4-6,13-14H,7-10,17H2,1-3H3. The average Bonchev–Trinajstić information content (AvgIpc) is 2.43. The molecule has 4 nitrogen and oxygen atoms in total. The van der Waals surface area contributed by atoms with Gasteiger partial charge in [0.1, 0.15) is 5.75 Å². The minimum absolute atomic E-state index is 0.0551. The number of hydrogen-bond acceptors (Lipinski definition) is 3. The van der Waals surface area contributed by atoms with Crippen molar-refractivity contribution in [2.75, 3.05) is 13.1 Å². The zero-order valence-corrected chi connectivity index (χ0v) is 12.6. The smallest absolute Gasteiger partial charge is 0.263 e. The fourth-order valence-corrected chi connectivity index (χ4v) is 2.59. The number of para-hydroxylation sites is 1. The van der Waals surface area contributed by atoms with E-state index in [1.165, 1.54) is 0 Å². The number of aryl methyl sites for hydroxylation is 2. The Morgan fingerprint density at radius 3 is 2.40 bits per heavy atom. The highest BCUT2D eigenvalue weighted by molar-refractivity contribution is 5.81. The summed E-state index contributed by atoms with van der Waals surface area (Å²) in [6.07, 6.45) is 1.30. The molecule has 1 amide bonds. The van der Waals surface area contributed by atoms with E-state index in [1.807, 2.05) is 43.9 Å². The van der Waals surface area contributed by atoms with E-state index in [0.717, 1.165) is 42.8 Å². The molecule has 0 spiro atoms. The molecule has 1 fully saturated rings. The Kier molecular flexibility index (Phi) is 4.65. The molecule has 1 aromatic rings. The summed E-state index contributed by atoms with van der Waals surface area (Å²) >= 11 is 0. The molecular formula is C16H24N2O2. The Morgan fingerprint density at radius 1 is 1.30 bits per heavy atom. The average molecular weight is 276 g/mol. The van der Waals surface area contributed by atoms with E-state index in [4.69, 9.17) is 10.5 Å². The number of carbonyl (C=O) groups excluding carboxylic acids is 1. The number of nitrogens with zero attached hydrogens (tertiary/aromatic N) is 1. The molecule has 1 saturated heterocycles. The van der Waals surface area contributed by atoms with Gasteiger partial charge >= 0.3 is 0 Å². The van der Waals surface area contributed by atoms with Crippen LogP contribution in [-0.4, -0.2) is 36.0 Å². The number of piperidine rings is 1. The number of carbonyl (C=O) groups is 1. The van der Waals surface area contributed by atoms with Crippen LogP contribution < -0.4 is 10.5 Å². The van der Waals surface area contributed by atoms with E-state index in [-0.39, 0.29) is 11.9 Å². The minimum atomic E-state index is -0.455. The Morgan fingerprint density at radius 2 is 1.85 bits per heavy atom. The second-order valence-corrected chi connectivity index (χ2v) is 5.64. The normalized spacial score (nSPS) is 17.9. The summed E-state index contributed by atoms with van der Waals surface area (Å²) in [7, 11) is 0. The molecule has 20 heavy (non-hydrogen) atoms. The summed E-state index contributed by atoms with van der Waals surface area (Å²) in [5.41, 5.74) is 7.99. The van der Waals surface area contributed by atoms with Crippen LogP contribution in [0.25, 0.3) is 0 Å². The maximum absolute atomic E-state index is 12.4.